The summed E-state index contributed by atoms with van der Waals surface area (Å²) >= 11 is 6.77. The van der Waals surface area contributed by atoms with Gasteiger partial charge >= 0.3 is 0 Å². The van der Waals surface area contributed by atoms with Gasteiger partial charge in [0.2, 0.25) is 0 Å². The predicted octanol–water partition coefficient (Wildman–Crippen LogP) is 6.65. The van der Waals surface area contributed by atoms with E-state index >= 15 is 0 Å². The van der Waals surface area contributed by atoms with Crippen LogP contribution >= 0.6 is 11.6 Å². The molecule has 3 nitrogen and oxygen atoms in total. The topological polar surface area (TPSA) is 21.1 Å². The average molecular weight is 434 g/mol. The van der Waals surface area contributed by atoms with Gasteiger partial charge in [0.15, 0.2) is 5.15 Å². The second-order valence-corrected chi connectivity index (χ2v) is 9.77. The van der Waals surface area contributed by atoms with Crippen LogP contribution in [0.4, 0.5) is 0 Å². The number of hydrogen-bond acceptors (Lipinski definition) is 2. The molecule has 2 heterocycles. The number of hydrogen-bond donors (Lipinski definition) is 0. The molecule has 1 aliphatic heterocycles. The lowest BCUT2D eigenvalue weighted by Crippen LogP contribution is -2.38. The van der Waals surface area contributed by atoms with Crippen molar-refractivity contribution in [1.29, 1.82) is 0 Å². The Morgan fingerprint density at radius 3 is 2.45 bits per heavy atom. The molecular weight excluding hydrogens is 402 g/mol. The van der Waals surface area contributed by atoms with E-state index < -0.39 is 0 Å². The summed E-state index contributed by atoms with van der Waals surface area (Å²) in [6, 6.07) is 16.0. The Hall–Kier alpha value is -2.10. The summed E-state index contributed by atoms with van der Waals surface area (Å²) in [7, 11) is 2.12. The first kappa shape index (κ1) is 20.8. The lowest BCUT2D eigenvalue weighted by Gasteiger charge is -2.41. The lowest BCUT2D eigenvalue weighted by atomic mass is 9.83. The number of nitrogens with zero attached hydrogens (tertiary/aromatic N) is 3. The molecule has 1 atom stereocenters. The molecule has 2 aromatic carbocycles. The second kappa shape index (κ2) is 8.44. The third-order valence-corrected chi connectivity index (χ3v) is 7.81. The highest BCUT2D eigenvalue weighted by atomic mass is 35.5. The maximum absolute atomic E-state index is 6.77. The van der Waals surface area contributed by atoms with Gasteiger partial charge in [-0.05, 0) is 61.3 Å². The maximum atomic E-state index is 6.77. The molecule has 2 aliphatic rings. The summed E-state index contributed by atoms with van der Waals surface area (Å²) < 4.78 is 2.23. The van der Waals surface area contributed by atoms with Crippen molar-refractivity contribution in [2.75, 3.05) is 6.54 Å². The number of halogens is 1. The summed E-state index contributed by atoms with van der Waals surface area (Å²) in [6.07, 6.45) is 6.50. The number of imidazole rings is 1. The van der Waals surface area contributed by atoms with Gasteiger partial charge in [0.1, 0.15) is 5.82 Å². The fourth-order valence-corrected chi connectivity index (χ4v) is 6.17. The van der Waals surface area contributed by atoms with Crippen molar-refractivity contribution < 1.29 is 0 Å². The molecule has 4 heteroatoms. The Morgan fingerprint density at radius 1 is 1.00 bits per heavy atom. The summed E-state index contributed by atoms with van der Waals surface area (Å²) in [4.78, 5) is 7.51. The normalized spacial score (nSPS) is 19.7. The van der Waals surface area contributed by atoms with Gasteiger partial charge < -0.3 is 4.57 Å². The largest absolute Gasteiger partial charge is 0.329 e. The molecule has 0 amide bonds. The third-order valence-electron chi connectivity index (χ3n) is 7.50. The summed E-state index contributed by atoms with van der Waals surface area (Å²) in [5, 5.41) is 0.643. The fraction of sp³-hybridized carbons (Fsp3) is 0.444. The van der Waals surface area contributed by atoms with Crippen LogP contribution < -0.4 is 0 Å². The molecule has 162 valence electrons. The van der Waals surface area contributed by atoms with E-state index in [2.05, 4.69) is 72.8 Å². The molecule has 0 spiro atoms. The molecule has 0 radical (unpaired) electrons. The Morgan fingerprint density at radius 2 is 1.71 bits per heavy atom. The molecule has 1 saturated carbocycles. The molecule has 0 bridgehead atoms. The molecule has 31 heavy (non-hydrogen) atoms. The van der Waals surface area contributed by atoms with Crippen LogP contribution in [0, 0.1) is 19.8 Å². The van der Waals surface area contributed by atoms with Crippen molar-refractivity contribution in [2.24, 2.45) is 13.0 Å². The smallest absolute Gasteiger partial charge is 0.152 e. The minimum absolute atomic E-state index is 0.488. The van der Waals surface area contributed by atoms with E-state index in [-0.39, 0.29) is 0 Å². The molecule has 1 fully saturated rings. The molecular formula is C27H32ClN3. The molecule has 5 rings (SSSR count). The number of rotatable bonds is 4. The third kappa shape index (κ3) is 3.72. The number of benzene rings is 2. The van der Waals surface area contributed by atoms with Crippen LogP contribution in [-0.2, 0) is 20.0 Å². The Labute approximate surface area is 191 Å². The minimum atomic E-state index is 0.488. The van der Waals surface area contributed by atoms with Crippen molar-refractivity contribution in [2.45, 2.75) is 58.5 Å². The molecule has 0 saturated heterocycles. The zero-order chi connectivity index (χ0) is 21.5. The first-order chi connectivity index (χ1) is 15.0. The van der Waals surface area contributed by atoms with Gasteiger partial charge in [0.05, 0.1) is 5.69 Å². The Bertz CT molecular complexity index is 1070. The van der Waals surface area contributed by atoms with Crippen molar-refractivity contribution in [3.05, 3.63) is 75.6 Å². The molecule has 3 aromatic rings. The second-order valence-electron chi connectivity index (χ2n) is 9.41. The highest BCUT2D eigenvalue weighted by Gasteiger charge is 2.35. The number of fused-ring (bicyclic) bond motifs is 1. The van der Waals surface area contributed by atoms with Gasteiger partial charge in [-0.3, -0.25) is 4.90 Å². The van der Waals surface area contributed by atoms with E-state index in [0.717, 1.165) is 36.9 Å². The molecule has 1 aromatic heterocycles. The van der Waals surface area contributed by atoms with Gasteiger partial charge in [-0.1, -0.05) is 66.9 Å². The van der Waals surface area contributed by atoms with E-state index in [1.54, 1.807) is 0 Å². The van der Waals surface area contributed by atoms with Gasteiger partial charge in [-0.25, -0.2) is 4.98 Å². The maximum Gasteiger partial charge on any atom is 0.152 e. The zero-order valence-electron chi connectivity index (χ0n) is 18.9. The Balaban J connectivity index is 1.51. The summed E-state index contributed by atoms with van der Waals surface area (Å²) in [6.45, 7) is 6.24. The standard InChI is InChI=1S/C27H32ClN3/c1-18-9-8-10-19(2)24(18)27-29-26(28)23(30(27)3)17-31-16-15-20-11-6-7-14-22(20)25(31)21-12-4-5-13-21/h6-11,14,21,25H,4-5,12-13,15-17H2,1-3H3. The summed E-state index contributed by atoms with van der Waals surface area (Å²) in [5.41, 5.74) is 7.88. The highest BCUT2D eigenvalue weighted by molar-refractivity contribution is 6.30. The Kier molecular flexibility index (Phi) is 5.66. The highest BCUT2D eigenvalue weighted by Crippen LogP contribution is 2.44. The van der Waals surface area contributed by atoms with E-state index in [0.29, 0.717) is 11.2 Å². The quantitative estimate of drug-likeness (QED) is 0.459. The summed E-state index contributed by atoms with van der Waals surface area (Å²) in [5.74, 6) is 1.72. The van der Waals surface area contributed by atoms with Crippen LogP contribution in [-0.4, -0.2) is 21.0 Å². The lowest BCUT2D eigenvalue weighted by molar-refractivity contribution is 0.121. The van der Waals surface area contributed by atoms with E-state index in [4.69, 9.17) is 16.6 Å². The van der Waals surface area contributed by atoms with Crippen LogP contribution in [0.5, 0.6) is 0 Å². The number of aryl methyl sites for hydroxylation is 2. The molecule has 0 N–H and O–H groups in total. The van der Waals surface area contributed by atoms with Crippen molar-refractivity contribution in [1.82, 2.24) is 14.5 Å². The van der Waals surface area contributed by atoms with Gasteiger partial charge in [0, 0.05) is 31.7 Å². The van der Waals surface area contributed by atoms with Crippen molar-refractivity contribution in [3.63, 3.8) is 0 Å². The fourth-order valence-electron chi connectivity index (χ4n) is 5.91. The van der Waals surface area contributed by atoms with Gasteiger partial charge in [-0.15, -0.1) is 0 Å². The van der Waals surface area contributed by atoms with Crippen LogP contribution in [0.1, 0.15) is 59.7 Å². The SMILES string of the molecule is Cc1cccc(C)c1-c1nc(Cl)c(CN2CCc3ccccc3C2C2CCCC2)n1C. The molecule has 1 unspecified atom stereocenters. The first-order valence-corrected chi connectivity index (χ1v) is 12.0. The van der Waals surface area contributed by atoms with Crippen LogP contribution in [0.15, 0.2) is 42.5 Å². The van der Waals surface area contributed by atoms with Crippen LogP contribution in [0.2, 0.25) is 5.15 Å². The molecule has 1 aliphatic carbocycles. The zero-order valence-corrected chi connectivity index (χ0v) is 19.6. The van der Waals surface area contributed by atoms with Crippen LogP contribution in [0.3, 0.4) is 0 Å². The van der Waals surface area contributed by atoms with Crippen molar-refractivity contribution >= 4 is 11.6 Å². The van der Waals surface area contributed by atoms with E-state index in [1.165, 1.54) is 53.5 Å². The number of aromatic nitrogens is 2. The van der Waals surface area contributed by atoms with Gasteiger partial charge in [-0.2, -0.15) is 0 Å². The van der Waals surface area contributed by atoms with Crippen molar-refractivity contribution in [3.8, 4) is 11.4 Å². The predicted molar refractivity (Wildman–Crippen MR) is 128 cm³/mol. The minimum Gasteiger partial charge on any atom is -0.329 e. The van der Waals surface area contributed by atoms with Gasteiger partial charge in [0.25, 0.3) is 0 Å². The monoisotopic (exact) mass is 433 g/mol. The first-order valence-electron chi connectivity index (χ1n) is 11.6. The average Bonchev–Trinajstić information content (AvgIpc) is 3.38. The van der Waals surface area contributed by atoms with E-state index in [1.807, 2.05) is 0 Å². The van der Waals surface area contributed by atoms with E-state index in [9.17, 15) is 0 Å². The van der Waals surface area contributed by atoms with Crippen LogP contribution in [0.25, 0.3) is 11.4 Å².